The van der Waals surface area contributed by atoms with Gasteiger partial charge in [0.25, 0.3) is 6.01 Å². The van der Waals surface area contributed by atoms with E-state index < -0.39 is 0 Å². The van der Waals surface area contributed by atoms with Gasteiger partial charge in [-0.1, -0.05) is 32.0 Å². The van der Waals surface area contributed by atoms with Gasteiger partial charge < -0.3 is 24.1 Å². The number of para-hydroxylation sites is 2. The molecule has 168 valence electrons. The van der Waals surface area contributed by atoms with Crippen LogP contribution in [0.25, 0.3) is 11.1 Å². The highest BCUT2D eigenvalue weighted by Gasteiger charge is 2.30. The molecule has 32 heavy (non-hydrogen) atoms. The van der Waals surface area contributed by atoms with Gasteiger partial charge in [-0.3, -0.25) is 4.79 Å². The smallest absolute Gasteiger partial charge is 0.298 e. The van der Waals surface area contributed by atoms with E-state index in [4.69, 9.17) is 13.9 Å². The van der Waals surface area contributed by atoms with Gasteiger partial charge in [0.1, 0.15) is 18.7 Å². The molecule has 0 spiro atoms. The van der Waals surface area contributed by atoms with E-state index in [2.05, 4.69) is 29.0 Å². The maximum absolute atomic E-state index is 13.1. The molecule has 0 aliphatic carbocycles. The van der Waals surface area contributed by atoms with Crippen LogP contribution in [0.5, 0.6) is 11.5 Å². The Bertz CT molecular complexity index is 1070. The average molecular weight is 436 g/mol. The fraction of sp³-hybridized carbons (Fsp3) is 0.440. The molecule has 0 saturated carbocycles. The summed E-state index contributed by atoms with van der Waals surface area (Å²) in [5, 5.41) is 3.29. The first-order chi connectivity index (χ1) is 15.6. The first-order valence-electron chi connectivity index (χ1n) is 11.4. The number of amides is 1. The van der Waals surface area contributed by atoms with E-state index in [1.54, 1.807) is 0 Å². The molecule has 1 aromatic heterocycles. The molecule has 1 atom stereocenters. The number of aromatic nitrogens is 1. The largest absolute Gasteiger partial charge is 0.486 e. The van der Waals surface area contributed by atoms with E-state index in [1.807, 2.05) is 42.5 Å². The summed E-state index contributed by atoms with van der Waals surface area (Å²) in [6.07, 6.45) is 1.55. The summed E-state index contributed by atoms with van der Waals surface area (Å²) in [7, 11) is 0. The lowest BCUT2D eigenvalue weighted by Crippen LogP contribution is -2.42. The number of fused-ring (bicyclic) bond motifs is 2. The second-order valence-electron chi connectivity index (χ2n) is 8.86. The van der Waals surface area contributed by atoms with Gasteiger partial charge in [0.15, 0.2) is 17.1 Å². The Morgan fingerprint density at radius 2 is 1.81 bits per heavy atom. The van der Waals surface area contributed by atoms with Gasteiger partial charge in [-0.05, 0) is 48.6 Å². The Labute approximate surface area is 187 Å². The van der Waals surface area contributed by atoms with Crippen molar-refractivity contribution >= 4 is 23.0 Å². The number of hydrogen-bond acceptors (Lipinski definition) is 6. The molecule has 2 aliphatic rings. The third-order valence-electron chi connectivity index (χ3n) is 6.31. The summed E-state index contributed by atoms with van der Waals surface area (Å²) in [6, 6.07) is 14.3. The molecule has 1 N–H and O–H groups in total. The van der Waals surface area contributed by atoms with Gasteiger partial charge in [0.2, 0.25) is 5.91 Å². The quantitative estimate of drug-likeness (QED) is 0.643. The van der Waals surface area contributed by atoms with Gasteiger partial charge in [0, 0.05) is 19.0 Å². The standard InChI is InChI=1S/C25H29N3O4/c1-16(2)23(18-7-8-21-22(15-18)31-14-13-30-21)27-24(29)17-9-11-28(12-10-17)25-26-19-5-3-4-6-20(19)32-25/h3-8,15-17,23H,9-14H2,1-2H3,(H,27,29)/t23-/m0/s1. The van der Waals surface area contributed by atoms with Crippen LogP contribution < -0.4 is 19.7 Å². The number of rotatable bonds is 5. The van der Waals surface area contributed by atoms with Crippen molar-refractivity contribution in [2.24, 2.45) is 11.8 Å². The number of anilines is 1. The predicted octanol–water partition coefficient (Wildman–Crippen LogP) is 4.33. The lowest BCUT2D eigenvalue weighted by atomic mass is 9.92. The number of carbonyl (C=O) groups excluding carboxylic acids is 1. The predicted molar refractivity (Wildman–Crippen MR) is 122 cm³/mol. The molecule has 2 aliphatic heterocycles. The van der Waals surface area contributed by atoms with Gasteiger partial charge in [-0.2, -0.15) is 4.98 Å². The zero-order valence-electron chi connectivity index (χ0n) is 18.5. The second kappa shape index (κ2) is 8.73. The molecular weight excluding hydrogens is 406 g/mol. The van der Waals surface area contributed by atoms with Crippen molar-refractivity contribution in [2.75, 3.05) is 31.2 Å². The minimum absolute atomic E-state index is 0.0194. The topological polar surface area (TPSA) is 76.8 Å². The monoisotopic (exact) mass is 435 g/mol. The first-order valence-corrected chi connectivity index (χ1v) is 11.4. The lowest BCUT2D eigenvalue weighted by molar-refractivity contribution is -0.126. The number of oxazole rings is 1. The van der Waals surface area contributed by atoms with Crippen LogP contribution >= 0.6 is 0 Å². The van der Waals surface area contributed by atoms with Crippen LogP contribution in [0.15, 0.2) is 46.9 Å². The number of piperidine rings is 1. The molecule has 5 rings (SSSR count). The van der Waals surface area contributed by atoms with Crippen LogP contribution in [0.2, 0.25) is 0 Å². The molecule has 0 radical (unpaired) electrons. The van der Waals surface area contributed by atoms with Gasteiger partial charge in [-0.25, -0.2) is 0 Å². The van der Waals surface area contributed by atoms with Crippen molar-refractivity contribution in [3.05, 3.63) is 48.0 Å². The highest BCUT2D eigenvalue weighted by molar-refractivity contribution is 5.79. The average Bonchev–Trinajstić information content (AvgIpc) is 3.26. The normalized spacial score (nSPS) is 17.5. The fourth-order valence-electron chi connectivity index (χ4n) is 4.49. The van der Waals surface area contributed by atoms with Crippen molar-refractivity contribution in [2.45, 2.75) is 32.7 Å². The van der Waals surface area contributed by atoms with Crippen LogP contribution in [0.3, 0.4) is 0 Å². The molecule has 7 nitrogen and oxygen atoms in total. The number of nitrogens with zero attached hydrogens (tertiary/aromatic N) is 2. The molecule has 3 aromatic rings. The minimum atomic E-state index is -0.0756. The third kappa shape index (κ3) is 4.11. The number of nitrogens with one attached hydrogen (secondary N) is 1. The maximum atomic E-state index is 13.1. The van der Waals surface area contributed by atoms with Gasteiger partial charge >= 0.3 is 0 Å². The van der Waals surface area contributed by atoms with Crippen LogP contribution in [0, 0.1) is 11.8 Å². The number of hydrogen-bond donors (Lipinski definition) is 1. The molecule has 1 saturated heterocycles. The molecule has 1 amide bonds. The van der Waals surface area contributed by atoms with Crippen LogP contribution in [0.1, 0.15) is 38.3 Å². The highest BCUT2D eigenvalue weighted by Crippen LogP contribution is 2.35. The van der Waals surface area contributed by atoms with Crippen molar-refractivity contribution < 1.29 is 18.7 Å². The molecular formula is C25H29N3O4. The fourth-order valence-corrected chi connectivity index (χ4v) is 4.49. The van der Waals surface area contributed by atoms with E-state index >= 15 is 0 Å². The Balaban J connectivity index is 1.23. The van der Waals surface area contributed by atoms with Crippen molar-refractivity contribution in [3.63, 3.8) is 0 Å². The number of carbonyl (C=O) groups is 1. The molecule has 3 heterocycles. The zero-order chi connectivity index (χ0) is 22.1. The zero-order valence-corrected chi connectivity index (χ0v) is 18.5. The summed E-state index contributed by atoms with van der Waals surface area (Å²) < 4.78 is 17.3. The van der Waals surface area contributed by atoms with E-state index in [0.717, 1.165) is 54.1 Å². The molecule has 0 bridgehead atoms. The number of benzene rings is 2. The number of ether oxygens (including phenoxy) is 2. The Morgan fingerprint density at radius 1 is 1.06 bits per heavy atom. The van der Waals surface area contributed by atoms with Crippen molar-refractivity contribution in [1.82, 2.24) is 10.3 Å². The first kappa shape index (κ1) is 20.7. The van der Waals surface area contributed by atoms with E-state index in [0.29, 0.717) is 19.2 Å². The molecule has 1 fully saturated rings. The molecule has 2 aromatic carbocycles. The van der Waals surface area contributed by atoms with Crippen LogP contribution in [-0.4, -0.2) is 37.2 Å². The lowest BCUT2D eigenvalue weighted by Gasteiger charge is -2.32. The second-order valence-corrected chi connectivity index (χ2v) is 8.86. The molecule has 0 unspecified atom stereocenters. The van der Waals surface area contributed by atoms with E-state index in [1.165, 1.54) is 0 Å². The summed E-state index contributed by atoms with van der Waals surface area (Å²) in [5.41, 5.74) is 2.70. The van der Waals surface area contributed by atoms with E-state index in [-0.39, 0.29) is 23.8 Å². The highest BCUT2D eigenvalue weighted by atomic mass is 16.6. The SMILES string of the molecule is CC(C)[C@H](NC(=O)C1CCN(c2nc3ccccc3o2)CC1)c1ccc2c(c1)OCCO2. The maximum Gasteiger partial charge on any atom is 0.298 e. The van der Waals surface area contributed by atoms with Crippen LogP contribution in [-0.2, 0) is 4.79 Å². The molecule has 7 heteroatoms. The summed E-state index contributed by atoms with van der Waals surface area (Å²) in [6.45, 7) is 6.87. The van der Waals surface area contributed by atoms with Crippen molar-refractivity contribution in [1.29, 1.82) is 0 Å². The van der Waals surface area contributed by atoms with Gasteiger partial charge in [-0.15, -0.1) is 0 Å². The Kier molecular flexibility index (Phi) is 5.64. The summed E-state index contributed by atoms with van der Waals surface area (Å²) >= 11 is 0. The Morgan fingerprint density at radius 3 is 2.56 bits per heavy atom. The third-order valence-corrected chi connectivity index (χ3v) is 6.31. The summed E-state index contributed by atoms with van der Waals surface area (Å²) in [4.78, 5) is 19.9. The van der Waals surface area contributed by atoms with Crippen molar-refractivity contribution in [3.8, 4) is 11.5 Å². The van der Waals surface area contributed by atoms with E-state index in [9.17, 15) is 4.79 Å². The summed E-state index contributed by atoms with van der Waals surface area (Å²) in [5.74, 6) is 1.85. The Hall–Kier alpha value is -3.22. The minimum Gasteiger partial charge on any atom is -0.486 e. The van der Waals surface area contributed by atoms with Crippen LogP contribution in [0.4, 0.5) is 6.01 Å². The van der Waals surface area contributed by atoms with Gasteiger partial charge in [0.05, 0.1) is 6.04 Å².